The Labute approximate surface area is 130 Å². The minimum absolute atomic E-state index is 0.325. The zero-order valence-electron chi connectivity index (χ0n) is 12.5. The molecule has 1 aliphatic carbocycles. The van der Waals surface area contributed by atoms with E-state index in [0.717, 1.165) is 18.6 Å². The number of carbonyl (C=O) groups is 1. The first-order valence-electron chi connectivity index (χ1n) is 7.85. The van der Waals surface area contributed by atoms with Crippen molar-refractivity contribution in [1.29, 1.82) is 0 Å². The van der Waals surface area contributed by atoms with E-state index in [1.54, 1.807) is 24.3 Å². The molecule has 3 rings (SSSR count). The smallest absolute Gasteiger partial charge is 0.343 e. The maximum absolute atomic E-state index is 12.0. The van der Waals surface area contributed by atoms with E-state index in [0.29, 0.717) is 17.4 Å². The first-order chi connectivity index (χ1) is 10.8. The number of benzene rings is 2. The van der Waals surface area contributed by atoms with E-state index < -0.39 is 0 Å². The first kappa shape index (κ1) is 14.6. The Morgan fingerprint density at radius 2 is 1.45 bits per heavy atom. The Bertz CT molecular complexity index is 598. The molecule has 0 atom stereocenters. The average Bonchev–Trinajstić information content (AvgIpc) is 2.58. The molecule has 22 heavy (non-hydrogen) atoms. The fraction of sp³-hybridized carbons (Fsp3) is 0.316. The third-order valence-electron chi connectivity index (χ3n) is 3.90. The molecule has 3 nitrogen and oxygen atoms in total. The van der Waals surface area contributed by atoms with Crippen molar-refractivity contribution in [2.45, 2.75) is 38.2 Å². The maximum atomic E-state index is 12.0. The average molecular weight is 296 g/mol. The minimum Gasteiger partial charge on any atom is -0.490 e. The van der Waals surface area contributed by atoms with Gasteiger partial charge in [0.15, 0.2) is 0 Å². The fourth-order valence-corrected chi connectivity index (χ4v) is 2.70. The third-order valence-corrected chi connectivity index (χ3v) is 3.90. The largest absolute Gasteiger partial charge is 0.490 e. The Hall–Kier alpha value is -2.29. The van der Waals surface area contributed by atoms with Crippen LogP contribution in [0, 0.1) is 0 Å². The number of esters is 1. The Morgan fingerprint density at radius 1 is 0.818 bits per heavy atom. The van der Waals surface area contributed by atoms with Crippen LogP contribution in [0.25, 0.3) is 0 Å². The molecule has 0 aromatic heterocycles. The zero-order chi connectivity index (χ0) is 15.2. The highest BCUT2D eigenvalue weighted by Crippen LogP contribution is 2.25. The Balaban J connectivity index is 1.58. The van der Waals surface area contributed by atoms with Crippen LogP contribution in [0.5, 0.6) is 11.5 Å². The number of rotatable bonds is 4. The summed E-state index contributed by atoms with van der Waals surface area (Å²) in [5, 5.41) is 0. The molecule has 1 aliphatic rings. The van der Waals surface area contributed by atoms with Gasteiger partial charge in [0.2, 0.25) is 0 Å². The van der Waals surface area contributed by atoms with E-state index in [-0.39, 0.29) is 5.97 Å². The van der Waals surface area contributed by atoms with Crippen LogP contribution in [-0.2, 0) is 0 Å². The van der Waals surface area contributed by atoms with Crippen molar-refractivity contribution in [2.75, 3.05) is 0 Å². The van der Waals surface area contributed by atoms with Crippen molar-refractivity contribution in [3.63, 3.8) is 0 Å². The summed E-state index contributed by atoms with van der Waals surface area (Å²) in [7, 11) is 0. The lowest BCUT2D eigenvalue weighted by Crippen LogP contribution is -2.19. The van der Waals surface area contributed by atoms with Gasteiger partial charge in [-0.3, -0.25) is 0 Å². The zero-order valence-corrected chi connectivity index (χ0v) is 12.5. The Morgan fingerprint density at radius 3 is 2.14 bits per heavy atom. The van der Waals surface area contributed by atoms with Gasteiger partial charge in [0.1, 0.15) is 11.5 Å². The van der Waals surface area contributed by atoms with E-state index in [1.165, 1.54) is 19.3 Å². The highest BCUT2D eigenvalue weighted by Gasteiger charge is 2.15. The van der Waals surface area contributed by atoms with Gasteiger partial charge in [-0.05, 0) is 62.1 Å². The molecule has 3 heteroatoms. The van der Waals surface area contributed by atoms with Crippen molar-refractivity contribution in [3.8, 4) is 11.5 Å². The summed E-state index contributed by atoms with van der Waals surface area (Å²) in [6, 6.07) is 16.3. The standard InChI is InChI=1S/C19H20O3/c20-19(15-7-3-1-4-8-15)22-18-13-11-17(12-14-18)21-16-9-5-2-6-10-16/h1,3-4,7-8,11-14,16H,2,5-6,9-10H2. The predicted molar refractivity (Wildman–Crippen MR) is 85.3 cm³/mol. The molecule has 0 radical (unpaired) electrons. The molecule has 0 spiro atoms. The highest BCUT2D eigenvalue weighted by molar-refractivity contribution is 5.90. The molecule has 0 saturated heterocycles. The lowest BCUT2D eigenvalue weighted by atomic mass is 9.98. The van der Waals surface area contributed by atoms with Gasteiger partial charge in [-0.2, -0.15) is 0 Å². The van der Waals surface area contributed by atoms with Gasteiger partial charge in [0, 0.05) is 0 Å². The molecular formula is C19H20O3. The van der Waals surface area contributed by atoms with Crippen molar-refractivity contribution in [1.82, 2.24) is 0 Å². The van der Waals surface area contributed by atoms with E-state index in [9.17, 15) is 4.79 Å². The number of ether oxygens (including phenoxy) is 2. The van der Waals surface area contributed by atoms with Crippen LogP contribution in [0.2, 0.25) is 0 Å². The van der Waals surface area contributed by atoms with Gasteiger partial charge in [-0.25, -0.2) is 4.79 Å². The lowest BCUT2D eigenvalue weighted by Gasteiger charge is -2.23. The van der Waals surface area contributed by atoms with Crippen LogP contribution >= 0.6 is 0 Å². The summed E-state index contributed by atoms with van der Waals surface area (Å²) in [5.41, 5.74) is 0.546. The molecule has 0 heterocycles. The van der Waals surface area contributed by atoms with E-state index >= 15 is 0 Å². The molecule has 1 fully saturated rings. The Kier molecular flexibility index (Phi) is 4.74. The topological polar surface area (TPSA) is 35.5 Å². The molecule has 114 valence electrons. The highest BCUT2D eigenvalue weighted by atomic mass is 16.5. The van der Waals surface area contributed by atoms with E-state index in [2.05, 4.69) is 0 Å². The van der Waals surface area contributed by atoms with Crippen LogP contribution in [-0.4, -0.2) is 12.1 Å². The summed E-state index contributed by atoms with van der Waals surface area (Å²) in [5.74, 6) is 1.03. The molecular weight excluding hydrogens is 276 g/mol. The molecule has 1 saturated carbocycles. The molecule has 0 bridgehead atoms. The lowest BCUT2D eigenvalue weighted by molar-refractivity contribution is 0.0734. The summed E-state index contributed by atoms with van der Waals surface area (Å²) < 4.78 is 11.3. The molecule has 2 aromatic carbocycles. The quantitative estimate of drug-likeness (QED) is 0.610. The molecule has 0 unspecified atom stereocenters. The third kappa shape index (κ3) is 3.88. The van der Waals surface area contributed by atoms with Crippen molar-refractivity contribution in [3.05, 3.63) is 60.2 Å². The first-order valence-corrected chi connectivity index (χ1v) is 7.85. The van der Waals surface area contributed by atoms with Crippen molar-refractivity contribution >= 4 is 5.97 Å². The van der Waals surface area contributed by atoms with Crippen molar-refractivity contribution in [2.24, 2.45) is 0 Å². The van der Waals surface area contributed by atoms with Crippen LogP contribution in [0.4, 0.5) is 0 Å². The molecule has 0 N–H and O–H groups in total. The van der Waals surface area contributed by atoms with Gasteiger partial charge in [0.05, 0.1) is 11.7 Å². The number of carbonyl (C=O) groups excluding carboxylic acids is 1. The predicted octanol–water partition coefficient (Wildman–Crippen LogP) is 4.62. The second kappa shape index (κ2) is 7.12. The SMILES string of the molecule is O=C(Oc1ccc(OC2CCCCC2)cc1)c1ccccc1. The van der Waals surface area contributed by atoms with Crippen LogP contribution in [0.15, 0.2) is 54.6 Å². The van der Waals surface area contributed by atoms with E-state index in [4.69, 9.17) is 9.47 Å². The maximum Gasteiger partial charge on any atom is 0.343 e. The summed E-state index contributed by atoms with van der Waals surface area (Å²) >= 11 is 0. The fourth-order valence-electron chi connectivity index (χ4n) is 2.70. The van der Waals surface area contributed by atoms with Crippen LogP contribution in [0.3, 0.4) is 0 Å². The van der Waals surface area contributed by atoms with Crippen molar-refractivity contribution < 1.29 is 14.3 Å². The summed E-state index contributed by atoms with van der Waals surface area (Å²) in [6.45, 7) is 0. The van der Waals surface area contributed by atoms with Gasteiger partial charge < -0.3 is 9.47 Å². The number of hydrogen-bond donors (Lipinski definition) is 0. The van der Waals surface area contributed by atoms with E-state index in [1.807, 2.05) is 30.3 Å². The molecule has 0 amide bonds. The molecule has 0 aliphatic heterocycles. The monoisotopic (exact) mass is 296 g/mol. The summed E-state index contributed by atoms with van der Waals surface area (Å²) in [6.07, 6.45) is 6.39. The number of hydrogen-bond acceptors (Lipinski definition) is 3. The van der Waals surface area contributed by atoms with Gasteiger partial charge >= 0.3 is 5.97 Å². The van der Waals surface area contributed by atoms with Gasteiger partial charge in [0.25, 0.3) is 0 Å². The second-order valence-electron chi connectivity index (χ2n) is 5.60. The van der Waals surface area contributed by atoms with Crippen LogP contribution < -0.4 is 9.47 Å². The molecule has 2 aromatic rings. The minimum atomic E-state index is -0.346. The normalized spacial score (nSPS) is 15.3. The van der Waals surface area contributed by atoms with Gasteiger partial charge in [-0.1, -0.05) is 24.6 Å². The summed E-state index contributed by atoms with van der Waals surface area (Å²) in [4.78, 5) is 12.0. The van der Waals surface area contributed by atoms with Gasteiger partial charge in [-0.15, -0.1) is 0 Å². The van der Waals surface area contributed by atoms with Crippen LogP contribution in [0.1, 0.15) is 42.5 Å². The second-order valence-corrected chi connectivity index (χ2v) is 5.60.